The zero-order valence-electron chi connectivity index (χ0n) is 18.6. The lowest BCUT2D eigenvalue weighted by Crippen LogP contribution is -2.43. The van der Waals surface area contributed by atoms with E-state index in [9.17, 15) is 4.79 Å². The summed E-state index contributed by atoms with van der Waals surface area (Å²) in [6, 6.07) is 22.5. The van der Waals surface area contributed by atoms with Gasteiger partial charge in [-0.1, -0.05) is 48.5 Å². The molecule has 0 spiro atoms. The molecule has 1 unspecified atom stereocenters. The fourth-order valence-electron chi connectivity index (χ4n) is 3.14. The zero-order chi connectivity index (χ0) is 22.2. The second-order valence-corrected chi connectivity index (χ2v) is 7.63. The molecule has 0 bridgehead atoms. The average molecular weight is 419 g/mol. The molecule has 31 heavy (non-hydrogen) atoms. The first kappa shape index (κ1) is 22.2. The van der Waals surface area contributed by atoms with Crippen molar-refractivity contribution < 1.29 is 9.53 Å². The van der Waals surface area contributed by atoms with Crippen LogP contribution in [0.4, 0.5) is 0 Å². The molecule has 162 valence electrons. The highest BCUT2D eigenvalue weighted by Crippen LogP contribution is 2.20. The summed E-state index contributed by atoms with van der Waals surface area (Å²) in [5.74, 6) is 1.38. The molecule has 1 amide bonds. The number of guanidine groups is 1. The zero-order valence-corrected chi connectivity index (χ0v) is 18.6. The number of benzene rings is 3. The second kappa shape index (κ2) is 10.5. The molecule has 3 aromatic carbocycles. The van der Waals surface area contributed by atoms with E-state index >= 15 is 0 Å². The Hall–Kier alpha value is -3.54. The summed E-state index contributed by atoms with van der Waals surface area (Å²) in [4.78, 5) is 18.3. The van der Waals surface area contributed by atoms with E-state index in [2.05, 4.69) is 47.9 Å². The number of fused-ring (bicyclic) bond motifs is 1. The Labute approximate surface area is 183 Å². The van der Waals surface area contributed by atoms with Crippen LogP contribution in [0.2, 0.25) is 0 Å². The van der Waals surface area contributed by atoms with Gasteiger partial charge in [-0.15, -0.1) is 0 Å². The number of hydrogen-bond donors (Lipinski definition) is 2. The Bertz CT molecular complexity index is 1040. The van der Waals surface area contributed by atoms with Crippen LogP contribution in [0.25, 0.3) is 10.8 Å². The van der Waals surface area contributed by atoms with Gasteiger partial charge in [0.2, 0.25) is 5.91 Å². The standard InChI is InChI=1S/C25H30N4O2/c1-18(21-12-11-20-7-5-6-8-22(20)15-21)28-25(27-17-24(30)29(2)3)26-16-19-9-13-23(31-4)14-10-19/h5-15,18H,16-17H2,1-4H3,(H2,26,27,28). The minimum atomic E-state index is -0.0164. The van der Waals surface area contributed by atoms with Crippen LogP contribution in [-0.2, 0) is 11.3 Å². The average Bonchev–Trinajstić information content (AvgIpc) is 2.80. The fourth-order valence-corrected chi connectivity index (χ4v) is 3.14. The van der Waals surface area contributed by atoms with Gasteiger partial charge in [0.05, 0.1) is 26.2 Å². The summed E-state index contributed by atoms with van der Waals surface area (Å²) in [6.45, 7) is 2.74. The number of carbonyl (C=O) groups excluding carboxylic acids is 1. The van der Waals surface area contributed by atoms with Gasteiger partial charge in [0.25, 0.3) is 0 Å². The predicted molar refractivity (Wildman–Crippen MR) is 126 cm³/mol. The third-order valence-corrected chi connectivity index (χ3v) is 5.11. The quantitative estimate of drug-likeness (QED) is 0.453. The number of aliphatic imine (C=N–C) groups is 1. The van der Waals surface area contributed by atoms with Crippen LogP contribution < -0.4 is 15.4 Å². The van der Waals surface area contributed by atoms with E-state index < -0.39 is 0 Å². The van der Waals surface area contributed by atoms with Crippen LogP contribution in [0.15, 0.2) is 71.7 Å². The lowest BCUT2D eigenvalue weighted by atomic mass is 10.0. The minimum absolute atomic E-state index is 0.0150. The Kier molecular flexibility index (Phi) is 7.49. The maximum absolute atomic E-state index is 12.1. The lowest BCUT2D eigenvalue weighted by Gasteiger charge is -2.20. The van der Waals surface area contributed by atoms with Crippen molar-refractivity contribution in [3.63, 3.8) is 0 Å². The summed E-state index contributed by atoms with van der Waals surface area (Å²) < 4.78 is 5.21. The Morgan fingerprint density at radius 1 is 1.03 bits per heavy atom. The van der Waals surface area contributed by atoms with Gasteiger partial charge >= 0.3 is 0 Å². The fraction of sp³-hybridized carbons (Fsp3) is 0.280. The summed E-state index contributed by atoms with van der Waals surface area (Å²) in [5.41, 5.74) is 2.20. The topological polar surface area (TPSA) is 66.0 Å². The summed E-state index contributed by atoms with van der Waals surface area (Å²) >= 11 is 0. The molecule has 0 heterocycles. The van der Waals surface area contributed by atoms with Gasteiger partial charge in [0.15, 0.2) is 5.96 Å². The summed E-state index contributed by atoms with van der Waals surface area (Å²) in [5, 5.41) is 8.99. The van der Waals surface area contributed by atoms with Crippen molar-refractivity contribution >= 4 is 22.6 Å². The number of likely N-dealkylation sites (N-methyl/N-ethyl adjacent to an activating group) is 1. The van der Waals surface area contributed by atoms with Crippen molar-refractivity contribution in [2.75, 3.05) is 27.7 Å². The van der Waals surface area contributed by atoms with Crippen LogP contribution >= 0.6 is 0 Å². The maximum atomic E-state index is 12.1. The van der Waals surface area contributed by atoms with Crippen molar-refractivity contribution in [3.05, 3.63) is 77.9 Å². The number of amides is 1. The van der Waals surface area contributed by atoms with Crippen LogP contribution in [0.1, 0.15) is 24.1 Å². The minimum Gasteiger partial charge on any atom is -0.497 e. The number of carbonyl (C=O) groups is 1. The van der Waals surface area contributed by atoms with Crippen molar-refractivity contribution in [2.24, 2.45) is 4.99 Å². The summed E-state index contributed by atoms with van der Waals surface area (Å²) in [7, 11) is 5.13. The van der Waals surface area contributed by atoms with Crippen molar-refractivity contribution in [3.8, 4) is 5.75 Å². The van der Waals surface area contributed by atoms with E-state index in [1.807, 2.05) is 36.4 Å². The Morgan fingerprint density at radius 3 is 2.42 bits per heavy atom. The van der Waals surface area contributed by atoms with E-state index in [0.29, 0.717) is 12.5 Å². The van der Waals surface area contributed by atoms with Crippen molar-refractivity contribution in [1.82, 2.24) is 15.5 Å². The SMILES string of the molecule is COc1ccc(CN=C(NCC(=O)N(C)C)NC(C)c2ccc3ccccc3c2)cc1. The molecule has 0 aliphatic heterocycles. The van der Waals surface area contributed by atoms with Crippen molar-refractivity contribution in [2.45, 2.75) is 19.5 Å². The molecule has 0 aliphatic rings. The molecule has 0 saturated heterocycles. The van der Waals surface area contributed by atoms with Gasteiger partial charge in [0.1, 0.15) is 5.75 Å². The predicted octanol–water partition coefficient (Wildman–Crippen LogP) is 3.73. The maximum Gasteiger partial charge on any atom is 0.241 e. The molecular weight excluding hydrogens is 388 g/mol. The highest BCUT2D eigenvalue weighted by Gasteiger charge is 2.11. The molecule has 0 aliphatic carbocycles. The molecule has 0 aromatic heterocycles. The van der Waals surface area contributed by atoms with E-state index in [1.165, 1.54) is 10.8 Å². The molecule has 0 saturated carbocycles. The van der Waals surface area contributed by atoms with Crippen LogP contribution in [0.3, 0.4) is 0 Å². The Balaban J connectivity index is 1.75. The molecule has 0 radical (unpaired) electrons. The molecule has 6 nitrogen and oxygen atoms in total. The van der Waals surface area contributed by atoms with Gasteiger partial charge in [0, 0.05) is 14.1 Å². The number of ether oxygens (including phenoxy) is 1. The van der Waals surface area contributed by atoms with Crippen LogP contribution in [0, 0.1) is 0 Å². The van der Waals surface area contributed by atoms with Gasteiger partial charge in [-0.05, 0) is 47.0 Å². The second-order valence-electron chi connectivity index (χ2n) is 7.63. The number of methoxy groups -OCH3 is 1. The normalized spacial score (nSPS) is 12.3. The van der Waals surface area contributed by atoms with Gasteiger partial charge in [-0.2, -0.15) is 0 Å². The van der Waals surface area contributed by atoms with Gasteiger partial charge in [-0.3, -0.25) is 4.79 Å². The van der Waals surface area contributed by atoms with E-state index in [-0.39, 0.29) is 18.5 Å². The molecule has 1 atom stereocenters. The van der Waals surface area contributed by atoms with E-state index in [0.717, 1.165) is 16.9 Å². The third kappa shape index (κ3) is 6.22. The first-order valence-corrected chi connectivity index (χ1v) is 10.3. The number of nitrogens with zero attached hydrogens (tertiary/aromatic N) is 2. The molecule has 3 rings (SSSR count). The first-order valence-electron chi connectivity index (χ1n) is 10.3. The highest BCUT2D eigenvalue weighted by atomic mass is 16.5. The smallest absolute Gasteiger partial charge is 0.241 e. The molecule has 6 heteroatoms. The Morgan fingerprint density at radius 2 is 1.74 bits per heavy atom. The largest absolute Gasteiger partial charge is 0.497 e. The van der Waals surface area contributed by atoms with E-state index in [4.69, 9.17) is 9.73 Å². The molecular formula is C25H30N4O2. The third-order valence-electron chi connectivity index (χ3n) is 5.11. The summed E-state index contributed by atoms with van der Waals surface area (Å²) in [6.07, 6.45) is 0. The number of hydrogen-bond acceptors (Lipinski definition) is 3. The monoisotopic (exact) mass is 418 g/mol. The molecule has 3 aromatic rings. The molecule has 2 N–H and O–H groups in total. The van der Waals surface area contributed by atoms with Crippen molar-refractivity contribution in [1.29, 1.82) is 0 Å². The van der Waals surface area contributed by atoms with E-state index in [1.54, 1.807) is 26.1 Å². The van der Waals surface area contributed by atoms with Gasteiger partial charge < -0.3 is 20.3 Å². The van der Waals surface area contributed by atoms with Crippen LogP contribution in [-0.4, -0.2) is 44.5 Å². The van der Waals surface area contributed by atoms with Crippen LogP contribution in [0.5, 0.6) is 5.75 Å². The lowest BCUT2D eigenvalue weighted by molar-refractivity contribution is -0.127. The first-order chi connectivity index (χ1) is 15.0. The number of rotatable bonds is 7. The number of nitrogens with one attached hydrogen (secondary N) is 2. The highest BCUT2D eigenvalue weighted by molar-refractivity contribution is 5.87. The van der Waals surface area contributed by atoms with Gasteiger partial charge in [-0.25, -0.2) is 4.99 Å². The molecule has 0 fully saturated rings.